The van der Waals surface area contributed by atoms with Gasteiger partial charge in [0.2, 0.25) is 29.7 Å². The number of para-hydroxylation sites is 10. The molecule has 0 saturated carbocycles. The first-order valence-corrected chi connectivity index (χ1v) is 41.2. The Kier molecular flexibility index (Phi) is 19.7. The summed E-state index contributed by atoms with van der Waals surface area (Å²) in [4.78, 5) is 53.0. The van der Waals surface area contributed by atoms with Crippen LogP contribution in [-0.2, 0) is 0 Å². The molecule has 0 saturated heterocycles. The minimum absolute atomic E-state index is 0.256. The van der Waals surface area contributed by atoms with Crippen LogP contribution in [0, 0.1) is 12.7 Å². The maximum atomic E-state index is 13.7. The fourth-order valence-corrected chi connectivity index (χ4v) is 17.1. The largest absolute Gasteiger partial charge is 0.497 e. The summed E-state index contributed by atoms with van der Waals surface area (Å²) in [7, 11) is 3.31. The van der Waals surface area contributed by atoms with E-state index in [2.05, 4.69) is 158 Å². The van der Waals surface area contributed by atoms with Crippen LogP contribution >= 0.6 is 0 Å². The highest BCUT2D eigenvalue weighted by atomic mass is 19.1. The van der Waals surface area contributed by atoms with Crippen LogP contribution < -0.4 is 59.0 Å². The molecule has 0 radical (unpaired) electrons. The zero-order valence-electron chi connectivity index (χ0n) is 69.9. The molecular formula is C93H81FN33O3+. The highest BCUT2D eigenvalue weighted by Crippen LogP contribution is 2.44. The van der Waals surface area contributed by atoms with Gasteiger partial charge < -0.3 is 47.7 Å². The number of anilines is 5. The van der Waals surface area contributed by atoms with Crippen LogP contribution in [0.5, 0.6) is 11.5 Å². The van der Waals surface area contributed by atoms with E-state index in [1.807, 2.05) is 223 Å². The fourth-order valence-electron chi connectivity index (χ4n) is 17.1. The van der Waals surface area contributed by atoms with Gasteiger partial charge in [-0.2, -0.15) is 15.3 Å². The third-order valence-corrected chi connectivity index (χ3v) is 22.9. The number of hydrogen-bond acceptors (Lipinski definition) is 25. The van der Waals surface area contributed by atoms with Gasteiger partial charge in [-0.3, -0.25) is 64.6 Å². The summed E-state index contributed by atoms with van der Waals surface area (Å²) in [5.74, 6) is 6.84. The van der Waals surface area contributed by atoms with E-state index in [-0.39, 0.29) is 36.4 Å². The molecule has 642 valence electrons. The summed E-state index contributed by atoms with van der Waals surface area (Å²) in [6, 6.07) is 73.8. The molecule has 0 spiro atoms. The van der Waals surface area contributed by atoms with E-state index in [0.29, 0.717) is 47.4 Å². The molecule has 0 fully saturated rings. The maximum absolute atomic E-state index is 13.7. The van der Waals surface area contributed by atoms with Gasteiger partial charge in [-0.25, -0.2) is 54.3 Å². The number of amidine groups is 1. The number of ether oxygens (including phenoxy) is 2. The highest BCUT2D eigenvalue weighted by Gasteiger charge is 2.35. The Bertz CT molecular complexity index is 7980. The smallest absolute Gasteiger partial charge is 0.257 e. The molecule has 37 heteroatoms. The SMILES string of the molecule is C=[N+](O)c1cccc(-c2[nH]ncc2C2N=C(N)Nc3nc4ccccc4n32)c1.CC1=NC(c2c[nH]c3ccc(F)cc23)n2c(nc3ccccc32)N1.COc1ccc(-c2[nH]ncc2C2N=C(N)Nc3nc4ccccc4n32)cc1.COc1ccc2[nH]cc(C3N=C(N)Nc4nc5ccccc5n43)c2c1.Cc1cccc(-c2[nH]ncc2C2N=C(N)Nc3nc4ccccc4n32)c1. The van der Waals surface area contributed by atoms with Crippen molar-refractivity contribution in [1.82, 2.24) is 88.3 Å². The van der Waals surface area contributed by atoms with Crippen LogP contribution in [0.15, 0.2) is 286 Å². The normalized spacial score (nSPS) is 16.2. The summed E-state index contributed by atoms with van der Waals surface area (Å²) in [5.41, 5.74) is 47.2. The van der Waals surface area contributed by atoms with Gasteiger partial charge in [-0.1, -0.05) is 96.6 Å². The third kappa shape index (κ3) is 14.4. The number of aryl methyl sites for hydroxylation is 1. The minimum Gasteiger partial charge on any atom is -0.497 e. The average Bonchev–Trinajstić information content (AvgIpc) is 1.59. The lowest BCUT2D eigenvalue weighted by molar-refractivity contribution is -0.706. The Morgan fingerprint density at radius 2 is 0.723 bits per heavy atom. The number of aromatic amines is 5. The van der Waals surface area contributed by atoms with Crippen LogP contribution in [0.1, 0.15) is 71.1 Å². The van der Waals surface area contributed by atoms with Crippen LogP contribution in [0.3, 0.4) is 0 Å². The lowest BCUT2D eigenvalue weighted by Gasteiger charge is -2.23. The lowest BCUT2D eigenvalue weighted by Crippen LogP contribution is -2.31. The Labute approximate surface area is 736 Å². The monoisotopic (exact) mass is 1730 g/mol. The number of halogens is 1. The first-order chi connectivity index (χ1) is 63.5. The number of fused-ring (bicyclic) bond motifs is 17. The predicted molar refractivity (Wildman–Crippen MR) is 502 cm³/mol. The zero-order chi connectivity index (χ0) is 88.5. The number of aliphatic imine (C=N–C) groups is 5. The van der Waals surface area contributed by atoms with Crippen molar-refractivity contribution in [2.24, 2.45) is 47.9 Å². The van der Waals surface area contributed by atoms with Gasteiger partial charge in [0.1, 0.15) is 23.2 Å². The summed E-state index contributed by atoms with van der Waals surface area (Å²) in [6.45, 7) is 7.49. The number of nitrogens with zero attached hydrogens (tertiary/aromatic N) is 19. The van der Waals surface area contributed by atoms with E-state index in [1.165, 1.54) is 11.6 Å². The number of nitrogens with one attached hydrogen (secondary N) is 10. The fraction of sp³-hybridized carbons (Fsp3) is 0.0968. The molecule has 25 rings (SSSR count). The molecule has 0 aliphatic carbocycles. The van der Waals surface area contributed by atoms with E-state index in [4.69, 9.17) is 37.4 Å². The Morgan fingerprint density at radius 3 is 1.13 bits per heavy atom. The molecule has 10 aromatic heterocycles. The summed E-state index contributed by atoms with van der Waals surface area (Å²) < 4.78 is 35.4. The van der Waals surface area contributed by atoms with Crippen molar-refractivity contribution in [3.05, 3.63) is 301 Å². The molecule has 5 atom stereocenters. The standard InChI is InChI=1S/C19H17N8O.C19H17N7O.C19H17N7.C18H14FN5.C18H16N6O/c1-26(28)12-6-4-5-11(9-12)16-13(10-21-25-16)17-23-18(20)24-19-22-14-7-2-3-8-15(14)27(17)19;1-27-12-8-6-11(7-9-12)16-13(10-21-25-16)17-23-18(20)24-19-22-14-4-2-3-5-15(14)26(17)19;1-11-5-4-6-12(9-11)16-13(10-21-25-16)17-23-18(20)24-19-22-14-7-2-3-8-15(14)26(17)19;1-10-21-17(13-9-20-14-7-6-11(19)8-12(13)14)24-16-5-3-2-4-15(16)23-18(24)22-10;1-25-10-6-7-13-11(8-10)12(9-20-13)16-22-17(19)23-18-21-14-4-2-3-5-15(14)24(16)18/h2-10,17,28H,1H2,(H,21,25)(H3,20,22,23,24);2-10,17H,1H3,(H,21,25)(H3,20,22,23,24);2-10,17H,1H3,(H,21,25)(H3,20,22,23,24);2-9,17,20H,1H3,(H,21,22,23);2-9,16,20H,1H3,(H3,19,21,22,23)/q+1;;;;. The first kappa shape index (κ1) is 79.0. The van der Waals surface area contributed by atoms with Crippen molar-refractivity contribution >= 4 is 149 Å². The number of benzene rings is 10. The molecule has 0 amide bonds. The molecule has 20 aromatic rings. The molecule has 15 heterocycles. The molecule has 5 aliphatic rings. The van der Waals surface area contributed by atoms with Gasteiger partial charge in [0.05, 0.1) is 105 Å². The zero-order valence-corrected chi connectivity index (χ0v) is 69.9. The number of guanidine groups is 4. The molecular weight excluding hydrogens is 1650 g/mol. The number of imidazole rings is 5. The number of nitrogens with two attached hydrogens (primary N) is 4. The van der Waals surface area contributed by atoms with Gasteiger partial charge in [-0.05, 0) is 141 Å². The van der Waals surface area contributed by atoms with Crippen molar-refractivity contribution in [2.75, 3.05) is 40.8 Å². The van der Waals surface area contributed by atoms with Gasteiger partial charge in [0, 0.05) is 95.6 Å². The second kappa shape index (κ2) is 32.5. The number of hydrogen-bond donors (Lipinski definition) is 15. The highest BCUT2D eigenvalue weighted by molar-refractivity contribution is 6.00. The van der Waals surface area contributed by atoms with E-state index in [9.17, 15) is 9.60 Å². The minimum atomic E-state index is -0.439. The lowest BCUT2D eigenvalue weighted by atomic mass is 10.0. The van der Waals surface area contributed by atoms with Crippen molar-refractivity contribution in [1.29, 1.82) is 0 Å². The molecule has 19 N–H and O–H groups in total. The number of rotatable bonds is 11. The molecule has 36 nitrogen and oxygen atoms in total. The Morgan fingerprint density at radius 1 is 0.369 bits per heavy atom. The van der Waals surface area contributed by atoms with Crippen molar-refractivity contribution in [2.45, 2.75) is 44.7 Å². The second-order valence-corrected chi connectivity index (χ2v) is 31.0. The Balaban J connectivity index is 0.0000000984. The van der Waals surface area contributed by atoms with Crippen LogP contribution in [0.4, 0.5) is 39.8 Å². The molecule has 0 bridgehead atoms. The third-order valence-electron chi connectivity index (χ3n) is 22.9. The first-order valence-electron chi connectivity index (χ1n) is 41.2. The van der Waals surface area contributed by atoms with Crippen LogP contribution in [-0.4, -0.2) is 149 Å². The second-order valence-electron chi connectivity index (χ2n) is 31.0. The van der Waals surface area contributed by atoms with Crippen molar-refractivity contribution in [3.8, 4) is 45.3 Å². The van der Waals surface area contributed by atoms with Crippen molar-refractivity contribution < 1.29 is 23.8 Å². The van der Waals surface area contributed by atoms with Gasteiger partial charge in [0.25, 0.3) is 5.69 Å². The quantitative estimate of drug-likeness (QED) is 0.0247. The summed E-state index contributed by atoms with van der Waals surface area (Å²) in [6.07, 6.45) is 7.45. The average molecular weight is 1730 g/mol. The molecule has 130 heavy (non-hydrogen) atoms. The maximum Gasteiger partial charge on any atom is 0.257 e. The van der Waals surface area contributed by atoms with E-state index in [1.54, 1.807) is 44.8 Å². The molecule has 5 unspecified atom stereocenters. The van der Waals surface area contributed by atoms with E-state index in [0.717, 1.165) is 167 Å². The van der Waals surface area contributed by atoms with Crippen molar-refractivity contribution in [3.63, 3.8) is 0 Å². The predicted octanol–water partition coefficient (Wildman–Crippen LogP) is 15.1. The van der Waals surface area contributed by atoms with E-state index < -0.39 is 6.17 Å². The summed E-state index contributed by atoms with van der Waals surface area (Å²) >= 11 is 0. The van der Waals surface area contributed by atoms with Crippen LogP contribution in [0.2, 0.25) is 0 Å². The van der Waals surface area contributed by atoms with Crippen LogP contribution in [0.25, 0.3) is 111 Å². The van der Waals surface area contributed by atoms with Gasteiger partial charge in [0.15, 0.2) is 61.4 Å². The Hall–Kier alpha value is -18.2. The number of methoxy groups -OCH3 is 2. The molecule has 10 aromatic carbocycles. The summed E-state index contributed by atoms with van der Waals surface area (Å²) in [5, 5.41) is 49.0. The van der Waals surface area contributed by atoms with Gasteiger partial charge in [-0.15, -0.1) is 0 Å². The van der Waals surface area contributed by atoms with E-state index >= 15 is 0 Å². The number of aromatic nitrogens is 18. The van der Waals surface area contributed by atoms with Gasteiger partial charge >= 0.3 is 0 Å². The molecule has 5 aliphatic heterocycles. The number of H-pyrrole nitrogens is 5. The topological polar surface area (TPSA) is 474 Å².